The first-order valence-electron chi connectivity index (χ1n) is 7.71. The molecular weight excluding hydrogens is 267 g/mol. The molecule has 0 aromatic heterocycles. The smallest absolute Gasteiger partial charge is 0.221 e. The van der Waals surface area contributed by atoms with Gasteiger partial charge in [0.05, 0.1) is 0 Å². The zero-order valence-electron chi connectivity index (χ0n) is 13.0. The molecule has 1 N–H and O–H groups in total. The molecule has 0 heterocycles. The van der Waals surface area contributed by atoms with E-state index in [0.717, 1.165) is 12.8 Å². The van der Waals surface area contributed by atoms with Crippen molar-refractivity contribution in [3.8, 4) is 0 Å². The summed E-state index contributed by atoms with van der Waals surface area (Å²) in [5.74, 6) is -0.130. The largest absolute Gasteiger partial charge is 0.356 e. The van der Waals surface area contributed by atoms with Crippen molar-refractivity contribution in [1.29, 1.82) is 0 Å². The molecule has 116 valence electrons. The van der Waals surface area contributed by atoms with E-state index in [-0.39, 0.29) is 17.3 Å². The first kappa shape index (κ1) is 16.0. The molecule has 1 amide bonds. The lowest BCUT2D eigenvalue weighted by molar-refractivity contribution is -0.123. The third kappa shape index (κ3) is 4.03. The standard InChI is InChI=1S/C17H25FN2O/c1-20(2)17(10-5-6-11-17)13-16(21)19-12-9-14-7-3-4-8-15(14)18/h3-4,7-8H,5-6,9-13H2,1-2H3,(H,19,21). The van der Waals surface area contributed by atoms with E-state index in [4.69, 9.17) is 0 Å². The van der Waals surface area contributed by atoms with Crippen LogP contribution < -0.4 is 5.32 Å². The summed E-state index contributed by atoms with van der Waals surface area (Å²) in [5.41, 5.74) is 0.670. The number of amides is 1. The second-order valence-electron chi connectivity index (χ2n) is 6.19. The Balaban J connectivity index is 1.81. The predicted octanol–water partition coefficient (Wildman–Crippen LogP) is 2.75. The number of benzene rings is 1. The predicted molar refractivity (Wildman–Crippen MR) is 82.6 cm³/mol. The fourth-order valence-corrected chi connectivity index (χ4v) is 3.21. The zero-order valence-corrected chi connectivity index (χ0v) is 13.0. The minimum Gasteiger partial charge on any atom is -0.356 e. The number of halogens is 1. The van der Waals surface area contributed by atoms with Crippen LogP contribution in [0.2, 0.25) is 0 Å². The molecule has 0 unspecified atom stereocenters. The lowest BCUT2D eigenvalue weighted by Gasteiger charge is -2.35. The van der Waals surface area contributed by atoms with Gasteiger partial charge in [0.25, 0.3) is 0 Å². The van der Waals surface area contributed by atoms with Crippen LogP contribution in [-0.2, 0) is 11.2 Å². The van der Waals surface area contributed by atoms with Crippen molar-refractivity contribution < 1.29 is 9.18 Å². The quantitative estimate of drug-likeness (QED) is 0.874. The van der Waals surface area contributed by atoms with E-state index in [2.05, 4.69) is 24.3 Å². The average molecular weight is 292 g/mol. The normalized spacial score (nSPS) is 17.1. The van der Waals surface area contributed by atoms with Crippen LogP contribution in [0.5, 0.6) is 0 Å². The molecule has 0 aliphatic heterocycles. The number of carbonyl (C=O) groups excluding carboxylic acids is 1. The van der Waals surface area contributed by atoms with Crippen molar-refractivity contribution in [2.45, 2.75) is 44.1 Å². The van der Waals surface area contributed by atoms with E-state index in [1.165, 1.54) is 18.9 Å². The van der Waals surface area contributed by atoms with Crippen LogP contribution in [0, 0.1) is 5.82 Å². The Kier molecular flexibility index (Phi) is 5.34. The van der Waals surface area contributed by atoms with Gasteiger partial charge in [-0.05, 0) is 45.0 Å². The first-order valence-corrected chi connectivity index (χ1v) is 7.71. The Bertz CT molecular complexity index is 481. The Morgan fingerprint density at radius 2 is 1.95 bits per heavy atom. The summed E-state index contributed by atoms with van der Waals surface area (Å²) >= 11 is 0. The summed E-state index contributed by atoms with van der Waals surface area (Å²) < 4.78 is 13.5. The van der Waals surface area contributed by atoms with E-state index < -0.39 is 0 Å². The maximum absolute atomic E-state index is 13.5. The number of rotatable bonds is 6. The Morgan fingerprint density at radius 1 is 1.29 bits per heavy atom. The van der Waals surface area contributed by atoms with Crippen LogP contribution >= 0.6 is 0 Å². The fraction of sp³-hybridized carbons (Fsp3) is 0.588. The monoisotopic (exact) mass is 292 g/mol. The summed E-state index contributed by atoms with van der Waals surface area (Å²) in [5, 5.41) is 2.93. The molecule has 1 aromatic rings. The van der Waals surface area contributed by atoms with Gasteiger partial charge in [-0.25, -0.2) is 4.39 Å². The van der Waals surface area contributed by atoms with Crippen LogP contribution in [0.4, 0.5) is 4.39 Å². The van der Waals surface area contributed by atoms with Crippen molar-refractivity contribution in [3.05, 3.63) is 35.6 Å². The zero-order chi connectivity index (χ0) is 15.3. The average Bonchev–Trinajstić information content (AvgIpc) is 2.91. The lowest BCUT2D eigenvalue weighted by atomic mass is 9.91. The third-order valence-electron chi connectivity index (χ3n) is 4.65. The Hall–Kier alpha value is -1.42. The molecule has 1 aromatic carbocycles. The molecule has 0 spiro atoms. The van der Waals surface area contributed by atoms with Crippen LogP contribution in [0.25, 0.3) is 0 Å². The maximum Gasteiger partial charge on any atom is 0.221 e. The molecule has 1 fully saturated rings. The van der Waals surface area contributed by atoms with Crippen molar-refractivity contribution in [2.24, 2.45) is 0 Å². The minimum atomic E-state index is -0.202. The summed E-state index contributed by atoms with van der Waals surface area (Å²) in [4.78, 5) is 14.3. The second-order valence-corrected chi connectivity index (χ2v) is 6.19. The van der Waals surface area contributed by atoms with Crippen LogP contribution in [0.15, 0.2) is 24.3 Å². The number of nitrogens with one attached hydrogen (secondary N) is 1. The van der Waals surface area contributed by atoms with Crippen molar-refractivity contribution in [2.75, 3.05) is 20.6 Å². The Labute approximate surface area is 126 Å². The summed E-state index contributed by atoms with van der Waals surface area (Å²) in [6, 6.07) is 6.72. The second kappa shape index (κ2) is 7.03. The van der Waals surface area contributed by atoms with Gasteiger partial charge in [0, 0.05) is 18.5 Å². The maximum atomic E-state index is 13.5. The Morgan fingerprint density at radius 3 is 2.57 bits per heavy atom. The molecular formula is C17H25FN2O. The number of carbonyl (C=O) groups is 1. The minimum absolute atomic E-state index is 0.0160. The van der Waals surface area contributed by atoms with Crippen LogP contribution in [-0.4, -0.2) is 37.0 Å². The van der Waals surface area contributed by atoms with Gasteiger partial charge in [-0.15, -0.1) is 0 Å². The molecule has 0 saturated heterocycles. The van der Waals surface area contributed by atoms with Gasteiger partial charge >= 0.3 is 0 Å². The van der Waals surface area contributed by atoms with Gasteiger partial charge in [0.15, 0.2) is 0 Å². The van der Waals surface area contributed by atoms with Crippen molar-refractivity contribution in [3.63, 3.8) is 0 Å². The van der Waals surface area contributed by atoms with E-state index in [1.807, 2.05) is 6.07 Å². The highest BCUT2D eigenvalue weighted by molar-refractivity contribution is 5.77. The van der Waals surface area contributed by atoms with Crippen LogP contribution in [0.1, 0.15) is 37.7 Å². The lowest BCUT2D eigenvalue weighted by Crippen LogP contribution is -2.46. The van der Waals surface area contributed by atoms with Crippen molar-refractivity contribution in [1.82, 2.24) is 10.2 Å². The summed E-state index contributed by atoms with van der Waals surface area (Å²) in [6.07, 6.45) is 5.63. The highest BCUT2D eigenvalue weighted by atomic mass is 19.1. The summed E-state index contributed by atoms with van der Waals surface area (Å²) in [6.45, 7) is 0.489. The van der Waals surface area contributed by atoms with Gasteiger partial charge in [-0.1, -0.05) is 31.0 Å². The molecule has 1 aliphatic carbocycles. The summed E-state index contributed by atoms with van der Waals surface area (Å²) in [7, 11) is 4.11. The van der Waals surface area contributed by atoms with Gasteiger partial charge in [-0.2, -0.15) is 0 Å². The topological polar surface area (TPSA) is 32.3 Å². The molecule has 0 atom stereocenters. The SMILES string of the molecule is CN(C)C1(CC(=O)NCCc2ccccc2F)CCCC1. The molecule has 21 heavy (non-hydrogen) atoms. The molecule has 0 bridgehead atoms. The van der Waals surface area contributed by atoms with Gasteiger partial charge in [-0.3, -0.25) is 4.79 Å². The molecule has 3 nitrogen and oxygen atoms in total. The van der Waals surface area contributed by atoms with Crippen molar-refractivity contribution >= 4 is 5.91 Å². The number of hydrogen-bond donors (Lipinski definition) is 1. The molecule has 2 rings (SSSR count). The first-order chi connectivity index (χ1) is 10.0. The molecule has 4 heteroatoms. The molecule has 0 radical (unpaired) electrons. The van der Waals surface area contributed by atoms with E-state index in [1.54, 1.807) is 12.1 Å². The molecule has 1 saturated carbocycles. The van der Waals surface area contributed by atoms with E-state index >= 15 is 0 Å². The van der Waals surface area contributed by atoms with Gasteiger partial charge in [0.1, 0.15) is 5.82 Å². The highest BCUT2D eigenvalue weighted by Gasteiger charge is 2.37. The number of nitrogens with zero attached hydrogens (tertiary/aromatic N) is 1. The molecule has 1 aliphatic rings. The highest BCUT2D eigenvalue weighted by Crippen LogP contribution is 2.36. The van der Waals surface area contributed by atoms with E-state index in [9.17, 15) is 9.18 Å². The van der Waals surface area contributed by atoms with Crippen LogP contribution in [0.3, 0.4) is 0 Å². The van der Waals surface area contributed by atoms with E-state index in [0.29, 0.717) is 24.9 Å². The third-order valence-corrected chi connectivity index (χ3v) is 4.65. The van der Waals surface area contributed by atoms with Gasteiger partial charge in [0.2, 0.25) is 5.91 Å². The van der Waals surface area contributed by atoms with Gasteiger partial charge < -0.3 is 10.2 Å². The number of hydrogen-bond acceptors (Lipinski definition) is 2. The fourth-order valence-electron chi connectivity index (χ4n) is 3.21.